The third kappa shape index (κ3) is 4.91. The molecule has 0 saturated heterocycles. The van der Waals surface area contributed by atoms with Gasteiger partial charge in [0.15, 0.2) is 12.3 Å². The number of carbonyl (C=O) groups excluding carboxylic acids is 4. The molecule has 0 aromatic carbocycles. The number of thiophene rings is 1. The highest BCUT2D eigenvalue weighted by atomic mass is 32.1. The van der Waals surface area contributed by atoms with Crippen LogP contribution in [0.3, 0.4) is 0 Å². The number of aromatic nitrogens is 3. The van der Waals surface area contributed by atoms with Gasteiger partial charge in [-0.2, -0.15) is 5.10 Å². The summed E-state index contributed by atoms with van der Waals surface area (Å²) in [5.41, 5.74) is 2.00. The molecule has 1 N–H and O–H groups in total. The Balaban J connectivity index is 1.75. The summed E-state index contributed by atoms with van der Waals surface area (Å²) in [7, 11) is 4.92. The molecule has 12 heteroatoms. The number of ether oxygens (including phenoxy) is 2. The molecular formula is C22H25N5O6S. The minimum absolute atomic E-state index is 0.0958. The van der Waals surface area contributed by atoms with Crippen LogP contribution in [0.1, 0.15) is 48.6 Å². The zero-order valence-corrected chi connectivity index (χ0v) is 20.5. The Morgan fingerprint density at radius 3 is 2.50 bits per heavy atom. The first-order valence-electron chi connectivity index (χ1n) is 10.3. The number of aryl methyl sites for hydroxylation is 2. The summed E-state index contributed by atoms with van der Waals surface area (Å²) >= 11 is 0.957. The first kappa shape index (κ1) is 24.8. The summed E-state index contributed by atoms with van der Waals surface area (Å²) in [5.74, 6) is -2.37. The Kier molecular flexibility index (Phi) is 7.30. The molecule has 0 bridgehead atoms. The number of nitrogens with one attached hydrogen (secondary N) is 1. The molecule has 0 atom stereocenters. The van der Waals surface area contributed by atoms with Crippen molar-refractivity contribution in [1.29, 1.82) is 0 Å². The van der Waals surface area contributed by atoms with Crippen molar-refractivity contribution in [2.75, 3.05) is 32.6 Å². The largest absolute Gasteiger partial charge is 0.462 e. The second-order valence-corrected chi connectivity index (χ2v) is 8.63. The molecule has 0 spiro atoms. The van der Waals surface area contributed by atoms with Gasteiger partial charge in [0.2, 0.25) is 0 Å². The zero-order chi connectivity index (χ0) is 25.2. The minimum atomic E-state index is -0.732. The second-order valence-electron chi connectivity index (χ2n) is 7.61. The smallest absolute Gasteiger partial charge is 0.341 e. The van der Waals surface area contributed by atoms with Gasteiger partial charge in [-0.25, -0.2) is 14.6 Å². The van der Waals surface area contributed by atoms with Gasteiger partial charge in [0.25, 0.3) is 11.8 Å². The van der Waals surface area contributed by atoms with E-state index in [1.54, 1.807) is 52.7 Å². The summed E-state index contributed by atoms with van der Waals surface area (Å²) in [5, 5.41) is 7.66. The Bertz CT molecular complexity index is 1290. The third-order valence-corrected chi connectivity index (χ3v) is 6.11. The summed E-state index contributed by atoms with van der Waals surface area (Å²) in [6.45, 7) is 4.59. The van der Waals surface area contributed by atoms with E-state index >= 15 is 0 Å². The van der Waals surface area contributed by atoms with E-state index < -0.39 is 24.5 Å². The topological polar surface area (TPSA) is 133 Å². The molecule has 0 aliphatic rings. The fraction of sp³-hybridized carbons (Fsp3) is 0.364. The Morgan fingerprint density at radius 1 is 1.15 bits per heavy atom. The molecule has 180 valence electrons. The van der Waals surface area contributed by atoms with Crippen LogP contribution in [0.15, 0.2) is 12.3 Å². The molecule has 0 fully saturated rings. The predicted octanol–water partition coefficient (Wildman–Crippen LogP) is 2.32. The number of hydrogen-bond donors (Lipinski definition) is 1. The molecule has 0 unspecified atom stereocenters. The number of fused-ring (bicyclic) bond motifs is 1. The first-order valence-corrected chi connectivity index (χ1v) is 11.1. The number of esters is 2. The molecule has 3 aromatic heterocycles. The lowest BCUT2D eigenvalue weighted by molar-refractivity contribution is -0.119. The molecule has 3 aromatic rings. The van der Waals surface area contributed by atoms with Crippen LogP contribution in [0, 0.1) is 13.8 Å². The zero-order valence-electron chi connectivity index (χ0n) is 19.7. The van der Waals surface area contributed by atoms with E-state index in [0.717, 1.165) is 11.3 Å². The van der Waals surface area contributed by atoms with E-state index in [2.05, 4.69) is 15.4 Å². The highest BCUT2D eigenvalue weighted by molar-refractivity contribution is 7.18. The van der Waals surface area contributed by atoms with Gasteiger partial charge in [-0.3, -0.25) is 14.3 Å². The van der Waals surface area contributed by atoms with Gasteiger partial charge in [-0.15, -0.1) is 11.3 Å². The summed E-state index contributed by atoms with van der Waals surface area (Å²) in [4.78, 5) is 55.8. The maximum absolute atomic E-state index is 12.5. The van der Waals surface area contributed by atoms with Gasteiger partial charge in [0.05, 0.1) is 28.3 Å². The van der Waals surface area contributed by atoms with E-state index in [4.69, 9.17) is 9.47 Å². The fourth-order valence-electron chi connectivity index (χ4n) is 3.25. The third-order valence-electron chi connectivity index (χ3n) is 4.91. The molecule has 0 saturated carbocycles. The predicted molar refractivity (Wildman–Crippen MR) is 125 cm³/mol. The standard InChI is InChI=1S/C22H25N5O6S/c1-7-32-22(31)16-11(2)17(20(29)26(4)5)34-19(16)24-15(28)10-33-21(30)13-8-14-12(3)25-27(6)18(14)23-9-13/h8-9H,7,10H2,1-6H3,(H,24,28). The monoisotopic (exact) mass is 487 g/mol. The molecule has 0 aliphatic carbocycles. The van der Waals surface area contributed by atoms with Gasteiger partial charge in [0, 0.05) is 32.7 Å². The highest BCUT2D eigenvalue weighted by Crippen LogP contribution is 2.34. The maximum atomic E-state index is 12.5. The molecule has 0 aliphatic heterocycles. The lowest BCUT2D eigenvalue weighted by atomic mass is 10.1. The van der Waals surface area contributed by atoms with Crippen molar-refractivity contribution < 1.29 is 28.7 Å². The number of pyridine rings is 1. The van der Waals surface area contributed by atoms with E-state index in [-0.39, 0.29) is 28.6 Å². The van der Waals surface area contributed by atoms with Crippen molar-refractivity contribution in [3.8, 4) is 0 Å². The van der Waals surface area contributed by atoms with Crippen molar-refractivity contribution in [3.05, 3.63) is 39.5 Å². The number of rotatable bonds is 7. The van der Waals surface area contributed by atoms with E-state index in [1.807, 2.05) is 0 Å². The molecule has 34 heavy (non-hydrogen) atoms. The maximum Gasteiger partial charge on any atom is 0.341 e. The summed E-state index contributed by atoms with van der Waals surface area (Å²) in [6, 6.07) is 1.60. The normalized spacial score (nSPS) is 10.8. The summed E-state index contributed by atoms with van der Waals surface area (Å²) < 4.78 is 11.8. The number of carbonyl (C=O) groups is 4. The highest BCUT2D eigenvalue weighted by Gasteiger charge is 2.27. The van der Waals surface area contributed by atoms with Crippen LogP contribution in [-0.2, 0) is 21.3 Å². The fourth-order valence-corrected chi connectivity index (χ4v) is 4.49. The van der Waals surface area contributed by atoms with Crippen molar-refractivity contribution >= 4 is 51.1 Å². The molecule has 3 heterocycles. The van der Waals surface area contributed by atoms with Crippen molar-refractivity contribution in [3.63, 3.8) is 0 Å². The van der Waals surface area contributed by atoms with Crippen LogP contribution < -0.4 is 5.32 Å². The van der Waals surface area contributed by atoms with E-state index in [9.17, 15) is 19.2 Å². The average molecular weight is 488 g/mol. The van der Waals surface area contributed by atoms with Gasteiger partial charge >= 0.3 is 11.9 Å². The lowest BCUT2D eigenvalue weighted by Gasteiger charge is -2.09. The van der Waals surface area contributed by atoms with Crippen LogP contribution >= 0.6 is 11.3 Å². The molecule has 3 rings (SSSR count). The van der Waals surface area contributed by atoms with Crippen LogP contribution in [0.5, 0.6) is 0 Å². The second kappa shape index (κ2) is 10.00. The van der Waals surface area contributed by atoms with Crippen molar-refractivity contribution in [1.82, 2.24) is 19.7 Å². The SMILES string of the molecule is CCOC(=O)c1c(NC(=O)COC(=O)c2cnc3c(c2)c(C)nn3C)sc(C(=O)N(C)C)c1C. The number of nitrogens with zero attached hydrogens (tertiary/aromatic N) is 4. The Morgan fingerprint density at radius 2 is 1.85 bits per heavy atom. The first-order chi connectivity index (χ1) is 16.0. The Hall–Kier alpha value is -3.80. The summed E-state index contributed by atoms with van der Waals surface area (Å²) in [6.07, 6.45) is 1.35. The molecular weight excluding hydrogens is 462 g/mol. The van der Waals surface area contributed by atoms with Crippen LogP contribution in [0.4, 0.5) is 5.00 Å². The molecule has 0 radical (unpaired) electrons. The number of hydrogen-bond acceptors (Lipinski definition) is 9. The van der Waals surface area contributed by atoms with Crippen LogP contribution in [0.25, 0.3) is 11.0 Å². The molecule has 2 amide bonds. The van der Waals surface area contributed by atoms with Crippen molar-refractivity contribution in [2.45, 2.75) is 20.8 Å². The van der Waals surface area contributed by atoms with E-state index in [1.165, 1.54) is 11.1 Å². The van der Waals surface area contributed by atoms with E-state index in [0.29, 0.717) is 27.2 Å². The van der Waals surface area contributed by atoms with Gasteiger partial charge in [-0.1, -0.05) is 0 Å². The Labute approximate surface area is 199 Å². The lowest BCUT2D eigenvalue weighted by Crippen LogP contribution is -2.22. The number of anilines is 1. The molecule has 11 nitrogen and oxygen atoms in total. The quantitative estimate of drug-likeness (QED) is 0.502. The van der Waals surface area contributed by atoms with Crippen LogP contribution in [0.2, 0.25) is 0 Å². The van der Waals surface area contributed by atoms with Gasteiger partial charge < -0.3 is 19.7 Å². The number of amides is 2. The minimum Gasteiger partial charge on any atom is -0.462 e. The van der Waals surface area contributed by atoms with Crippen molar-refractivity contribution in [2.24, 2.45) is 7.05 Å². The van der Waals surface area contributed by atoms with Gasteiger partial charge in [0.1, 0.15) is 5.00 Å². The average Bonchev–Trinajstić information content (AvgIpc) is 3.26. The van der Waals surface area contributed by atoms with Gasteiger partial charge in [-0.05, 0) is 32.4 Å². The van der Waals surface area contributed by atoms with Crippen LogP contribution in [-0.4, -0.2) is 70.7 Å².